The molecular weight excluding hydrogens is 373 g/mol. The van der Waals surface area contributed by atoms with Crippen LogP contribution in [-0.4, -0.2) is 26.0 Å². The molecule has 0 aliphatic carbocycles. The Kier molecular flexibility index (Phi) is 4.81. The van der Waals surface area contributed by atoms with Crippen LogP contribution in [0.4, 0.5) is 21.5 Å². The Morgan fingerprint density at radius 1 is 1.07 bits per heavy atom. The van der Waals surface area contributed by atoms with Gasteiger partial charge < -0.3 is 5.32 Å². The summed E-state index contributed by atoms with van der Waals surface area (Å²) < 4.78 is 13.0. The van der Waals surface area contributed by atoms with Crippen LogP contribution in [0, 0.1) is 33.0 Å². The van der Waals surface area contributed by atoms with Gasteiger partial charge in [-0.3, -0.25) is 30.1 Å². The van der Waals surface area contributed by atoms with Crippen molar-refractivity contribution in [3.63, 3.8) is 0 Å². The van der Waals surface area contributed by atoms with Crippen molar-refractivity contribution in [1.82, 2.24) is 10.2 Å². The molecule has 1 aromatic heterocycles. The molecule has 0 unspecified atom stereocenters. The second-order valence-corrected chi connectivity index (χ2v) is 5.78. The molecule has 0 saturated carbocycles. The number of carbonyl (C=O) groups is 1. The van der Waals surface area contributed by atoms with E-state index in [1.165, 1.54) is 37.3 Å². The van der Waals surface area contributed by atoms with Crippen molar-refractivity contribution < 1.29 is 19.0 Å². The monoisotopic (exact) mass is 385 g/mol. The zero-order valence-corrected chi connectivity index (χ0v) is 14.3. The predicted octanol–water partition coefficient (Wildman–Crippen LogP) is 3.59. The summed E-state index contributed by atoms with van der Waals surface area (Å²) in [7, 11) is 0. The van der Waals surface area contributed by atoms with E-state index in [2.05, 4.69) is 15.5 Å². The smallest absolute Gasteiger partial charge is 0.281 e. The average molecular weight is 385 g/mol. The molecule has 0 atom stereocenters. The number of aromatic nitrogens is 2. The molecule has 0 bridgehead atoms. The van der Waals surface area contributed by atoms with Gasteiger partial charge in [0.25, 0.3) is 17.3 Å². The zero-order valence-electron chi connectivity index (χ0n) is 14.3. The van der Waals surface area contributed by atoms with Gasteiger partial charge in [0, 0.05) is 17.7 Å². The molecule has 0 aliphatic rings. The summed E-state index contributed by atoms with van der Waals surface area (Å²) in [6.45, 7) is 1.26. The number of hydrogen-bond donors (Lipinski definition) is 2. The van der Waals surface area contributed by atoms with Crippen LogP contribution in [0.5, 0.6) is 0 Å². The van der Waals surface area contributed by atoms with E-state index in [1.807, 2.05) is 0 Å². The summed E-state index contributed by atoms with van der Waals surface area (Å²) in [5, 5.41) is 31.1. The first-order chi connectivity index (χ1) is 13.3. The maximum atomic E-state index is 13.0. The van der Waals surface area contributed by atoms with E-state index in [4.69, 9.17) is 0 Å². The minimum atomic E-state index is -0.763. The van der Waals surface area contributed by atoms with Crippen molar-refractivity contribution in [2.75, 3.05) is 5.32 Å². The Hall–Kier alpha value is -4.15. The van der Waals surface area contributed by atoms with Crippen LogP contribution in [-0.2, 0) is 0 Å². The number of carbonyl (C=O) groups excluding carboxylic acids is 1. The van der Waals surface area contributed by atoms with Gasteiger partial charge in [-0.15, -0.1) is 0 Å². The number of rotatable bonds is 5. The highest BCUT2D eigenvalue weighted by atomic mass is 19.1. The third-order valence-corrected chi connectivity index (χ3v) is 3.97. The molecule has 28 heavy (non-hydrogen) atoms. The van der Waals surface area contributed by atoms with Crippen molar-refractivity contribution in [3.8, 4) is 11.3 Å². The second kappa shape index (κ2) is 7.23. The van der Waals surface area contributed by atoms with E-state index >= 15 is 0 Å². The first-order valence-corrected chi connectivity index (χ1v) is 7.82. The molecule has 2 N–H and O–H groups in total. The summed E-state index contributed by atoms with van der Waals surface area (Å²) in [5.41, 5.74) is -0.225. The minimum absolute atomic E-state index is 0.0187. The second-order valence-electron chi connectivity index (χ2n) is 5.78. The lowest BCUT2D eigenvalue weighted by Gasteiger charge is -2.06. The minimum Gasteiger partial charge on any atom is -0.320 e. The number of nitro groups is 2. The Balaban J connectivity index is 1.88. The van der Waals surface area contributed by atoms with Gasteiger partial charge in [-0.05, 0) is 37.3 Å². The van der Waals surface area contributed by atoms with E-state index in [-0.39, 0.29) is 16.9 Å². The molecule has 0 saturated heterocycles. The van der Waals surface area contributed by atoms with E-state index in [1.54, 1.807) is 0 Å². The number of halogens is 1. The van der Waals surface area contributed by atoms with Crippen LogP contribution in [0.2, 0.25) is 0 Å². The fourth-order valence-corrected chi connectivity index (χ4v) is 2.54. The van der Waals surface area contributed by atoms with Crippen molar-refractivity contribution in [2.24, 2.45) is 0 Å². The molecule has 11 heteroatoms. The third kappa shape index (κ3) is 3.67. The average Bonchev–Trinajstić information content (AvgIpc) is 3.13. The Morgan fingerprint density at radius 3 is 2.18 bits per heavy atom. The van der Waals surface area contributed by atoms with Gasteiger partial charge in [0.05, 0.1) is 21.2 Å². The van der Waals surface area contributed by atoms with Gasteiger partial charge in [-0.1, -0.05) is 0 Å². The maximum Gasteiger partial charge on any atom is 0.281 e. The summed E-state index contributed by atoms with van der Waals surface area (Å²) in [6, 6.07) is 8.94. The lowest BCUT2D eigenvalue weighted by molar-refractivity contribution is -0.395. The van der Waals surface area contributed by atoms with Crippen molar-refractivity contribution >= 4 is 23.0 Å². The molecule has 0 radical (unpaired) electrons. The van der Waals surface area contributed by atoms with Crippen LogP contribution in [0.3, 0.4) is 0 Å². The molecular formula is C17H12FN5O5. The molecule has 0 spiro atoms. The number of anilines is 1. The highest BCUT2D eigenvalue weighted by Crippen LogP contribution is 2.32. The first kappa shape index (κ1) is 18.6. The van der Waals surface area contributed by atoms with Crippen LogP contribution in [0.15, 0.2) is 42.5 Å². The number of H-pyrrole nitrogens is 1. The summed E-state index contributed by atoms with van der Waals surface area (Å²) in [4.78, 5) is 33.1. The Bertz CT molecular complexity index is 1060. The van der Waals surface area contributed by atoms with Crippen LogP contribution in [0.1, 0.15) is 16.1 Å². The van der Waals surface area contributed by atoms with E-state index in [0.717, 1.165) is 12.1 Å². The van der Waals surface area contributed by atoms with Gasteiger partial charge in [-0.25, -0.2) is 4.39 Å². The largest absolute Gasteiger partial charge is 0.320 e. The lowest BCUT2D eigenvalue weighted by Crippen LogP contribution is -2.13. The van der Waals surface area contributed by atoms with Gasteiger partial charge in [-0.2, -0.15) is 5.10 Å². The lowest BCUT2D eigenvalue weighted by atomic mass is 10.1. The van der Waals surface area contributed by atoms with Gasteiger partial charge >= 0.3 is 0 Å². The fraction of sp³-hybridized carbons (Fsp3) is 0.0588. The molecule has 142 valence electrons. The molecule has 0 fully saturated rings. The van der Waals surface area contributed by atoms with Crippen molar-refractivity contribution in [1.29, 1.82) is 0 Å². The van der Waals surface area contributed by atoms with Gasteiger partial charge in [0.15, 0.2) is 0 Å². The predicted molar refractivity (Wildman–Crippen MR) is 96.4 cm³/mol. The maximum absolute atomic E-state index is 13.0. The summed E-state index contributed by atoms with van der Waals surface area (Å²) in [5.74, 6) is -1.12. The molecule has 2 aromatic carbocycles. The Morgan fingerprint density at radius 2 is 1.64 bits per heavy atom. The third-order valence-electron chi connectivity index (χ3n) is 3.97. The number of hydrogen-bond acceptors (Lipinski definition) is 6. The molecule has 3 rings (SSSR count). The Labute approximate surface area is 156 Å². The number of amides is 1. The number of benzene rings is 2. The molecule has 1 amide bonds. The number of aromatic amines is 1. The number of nitrogens with one attached hydrogen (secondary N) is 2. The highest BCUT2D eigenvalue weighted by molar-refractivity contribution is 6.03. The van der Waals surface area contributed by atoms with Crippen molar-refractivity contribution in [2.45, 2.75) is 6.92 Å². The van der Waals surface area contributed by atoms with Crippen LogP contribution in [0.25, 0.3) is 11.3 Å². The highest BCUT2D eigenvalue weighted by Gasteiger charge is 2.24. The van der Waals surface area contributed by atoms with Crippen LogP contribution < -0.4 is 5.32 Å². The SMILES string of the molecule is Cc1c([N+](=O)[O-])cc(NC(=O)c2cc(-c3ccc(F)cc3)n[nH]2)cc1[N+](=O)[O-]. The van der Waals surface area contributed by atoms with E-state index < -0.39 is 32.9 Å². The summed E-state index contributed by atoms with van der Waals surface area (Å²) in [6.07, 6.45) is 0. The normalized spacial score (nSPS) is 10.5. The molecule has 10 nitrogen and oxygen atoms in total. The van der Waals surface area contributed by atoms with Gasteiger partial charge in [0.2, 0.25) is 0 Å². The number of nitrogens with zero attached hydrogens (tertiary/aromatic N) is 3. The first-order valence-electron chi connectivity index (χ1n) is 7.82. The quantitative estimate of drug-likeness (QED) is 0.507. The van der Waals surface area contributed by atoms with Crippen LogP contribution >= 0.6 is 0 Å². The molecule has 3 aromatic rings. The summed E-state index contributed by atoms with van der Waals surface area (Å²) >= 11 is 0. The standard InChI is InChI=1S/C17H12FN5O5/c1-9-15(22(25)26)6-12(7-16(9)23(27)28)19-17(24)14-8-13(20-21-14)10-2-4-11(18)5-3-10/h2-8H,1H3,(H,19,24)(H,20,21). The molecule has 1 heterocycles. The molecule has 0 aliphatic heterocycles. The van der Waals surface area contributed by atoms with Crippen molar-refractivity contribution in [3.05, 3.63) is 79.8 Å². The topological polar surface area (TPSA) is 144 Å². The fourth-order valence-electron chi connectivity index (χ4n) is 2.54. The number of nitro benzene ring substituents is 2. The van der Waals surface area contributed by atoms with E-state index in [9.17, 15) is 29.4 Å². The van der Waals surface area contributed by atoms with E-state index in [0.29, 0.717) is 11.3 Å². The zero-order chi connectivity index (χ0) is 20.4. The van der Waals surface area contributed by atoms with Gasteiger partial charge in [0.1, 0.15) is 17.1 Å².